The van der Waals surface area contributed by atoms with Crippen LogP contribution in [0.2, 0.25) is 10.0 Å². The van der Waals surface area contributed by atoms with Crippen molar-refractivity contribution in [2.75, 3.05) is 6.61 Å². The van der Waals surface area contributed by atoms with E-state index in [9.17, 15) is 9.59 Å². The fourth-order valence-electron chi connectivity index (χ4n) is 4.54. The monoisotopic (exact) mass is 473 g/mol. The molecule has 1 aliphatic carbocycles. The number of ketones is 1. The number of allylic oxidation sites excluding steroid dienone is 3. The van der Waals surface area contributed by atoms with Crippen LogP contribution in [0, 0.1) is 5.41 Å². The molecule has 1 N–H and O–H groups in total. The molecule has 4 rings (SSSR count). The third kappa shape index (κ3) is 4.12. The average molecular weight is 474 g/mol. The Kier molecular flexibility index (Phi) is 5.99. The van der Waals surface area contributed by atoms with Crippen LogP contribution in [0.5, 0.6) is 0 Å². The van der Waals surface area contributed by atoms with Gasteiger partial charge in [-0.05, 0) is 56.0 Å². The standard InChI is InChI=1S/C25H25Cl2NO4/c1-5-31-24(30)21-13(2)28-17-11-25(3,4)12-18(29)22(17)23(21)20-9-8-19(32-20)15-10-14(26)6-7-16(15)27/h6-10,23,28H,5,11-12H2,1-4H3. The van der Waals surface area contributed by atoms with Crippen LogP contribution >= 0.6 is 23.2 Å². The van der Waals surface area contributed by atoms with E-state index < -0.39 is 11.9 Å². The molecule has 1 unspecified atom stereocenters. The Morgan fingerprint density at radius 1 is 1.22 bits per heavy atom. The number of benzene rings is 1. The number of furan rings is 1. The molecule has 0 radical (unpaired) electrons. The number of dihydropyridines is 1. The summed E-state index contributed by atoms with van der Waals surface area (Å²) in [5.41, 5.74) is 2.92. The predicted molar refractivity (Wildman–Crippen MR) is 124 cm³/mol. The van der Waals surface area contributed by atoms with Gasteiger partial charge < -0.3 is 14.5 Å². The van der Waals surface area contributed by atoms with Gasteiger partial charge in [0, 0.05) is 34.0 Å². The van der Waals surface area contributed by atoms with E-state index in [2.05, 4.69) is 19.2 Å². The van der Waals surface area contributed by atoms with Gasteiger partial charge in [-0.3, -0.25) is 4.79 Å². The maximum Gasteiger partial charge on any atom is 0.336 e. The van der Waals surface area contributed by atoms with E-state index in [1.165, 1.54) is 0 Å². The third-order valence-electron chi connectivity index (χ3n) is 5.84. The number of nitrogens with one attached hydrogen (secondary N) is 1. The van der Waals surface area contributed by atoms with Crippen LogP contribution < -0.4 is 5.32 Å². The Labute approximate surface area is 197 Å². The summed E-state index contributed by atoms with van der Waals surface area (Å²) in [4.78, 5) is 26.2. The van der Waals surface area contributed by atoms with Gasteiger partial charge in [-0.1, -0.05) is 37.0 Å². The van der Waals surface area contributed by atoms with E-state index >= 15 is 0 Å². The summed E-state index contributed by atoms with van der Waals surface area (Å²) in [6, 6.07) is 8.69. The van der Waals surface area contributed by atoms with E-state index in [1.54, 1.807) is 37.3 Å². The van der Waals surface area contributed by atoms with Gasteiger partial charge in [-0.2, -0.15) is 0 Å². The molecule has 0 saturated carbocycles. The molecular formula is C25H25Cl2NO4. The summed E-state index contributed by atoms with van der Waals surface area (Å²) in [5.74, 6) is -0.119. The Morgan fingerprint density at radius 3 is 2.69 bits per heavy atom. The van der Waals surface area contributed by atoms with Crippen molar-refractivity contribution in [1.29, 1.82) is 0 Å². The molecular weight excluding hydrogens is 449 g/mol. The second-order valence-corrected chi connectivity index (χ2v) is 9.82. The van der Waals surface area contributed by atoms with Gasteiger partial charge in [0.2, 0.25) is 0 Å². The van der Waals surface area contributed by atoms with Crippen molar-refractivity contribution in [2.45, 2.75) is 46.5 Å². The molecule has 2 aliphatic rings. The van der Waals surface area contributed by atoms with E-state index in [1.807, 2.05) is 6.92 Å². The van der Waals surface area contributed by atoms with Crippen LogP contribution in [0.1, 0.15) is 52.2 Å². The first kappa shape index (κ1) is 22.7. The van der Waals surface area contributed by atoms with Crippen LogP contribution in [0.4, 0.5) is 0 Å². The number of carbonyl (C=O) groups excluding carboxylic acids is 2. The topological polar surface area (TPSA) is 68.5 Å². The van der Waals surface area contributed by atoms with Gasteiger partial charge in [-0.15, -0.1) is 0 Å². The fourth-order valence-corrected chi connectivity index (χ4v) is 4.92. The molecule has 1 aromatic carbocycles. The van der Waals surface area contributed by atoms with Crippen molar-refractivity contribution >= 4 is 35.0 Å². The molecule has 0 spiro atoms. The second kappa shape index (κ2) is 8.45. The molecule has 0 amide bonds. The summed E-state index contributed by atoms with van der Waals surface area (Å²) < 4.78 is 11.5. The van der Waals surface area contributed by atoms with Crippen molar-refractivity contribution in [3.05, 3.63) is 68.7 Å². The molecule has 0 fully saturated rings. The van der Waals surface area contributed by atoms with Crippen molar-refractivity contribution in [3.63, 3.8) is 0 Å². The van der Waals surface area contributed by atoms with E-state index in [0.29, 0.717) is 56.8 Å². The molecule has 0 bridgehead atoms. The third-order valence-corrected chi connectivity index (χ3v) is 6.40. The molecule has 1 atom stereocenters. The number of rotatable bonds is 4. The van der Waals surface area contributed by atoms with Crippen LogP contribution in [-0.4, -0.2) is 18.4 Å². The lowest BCUT2D eigenvalue weighted by molar-refractivity contribution is -0.138. The zero-order valence-electron chi connectivity index (χ0n) is 18.5. The van der Waals surface area contributed by atoms with Gasteiger partial charge in [0.05, 0.1) is 23.1 Å². The number of Topliss-reactive ketones (excluding diaryl/α,β-unsaturated/α-hetero) is 1. The summed E-state index contributed by atoms with van der Waals surface area (Å²) in [6.45, 7) is 7.95. The highest BCUT2D eigenvalue weighted by Crippen LogP contribution is 2.47. The Hall–Kier alpha value is -2.50. The minimum absolute atomic E-state index is 0.00165. The lowest BCUT2D eigenvalue weighted by atomic mass is 9.69. The molecule has 0 saturated heterocycles. The molecule has 168 valence electrons. The van der Waals surface area contributed by atoms with Gasteiger partial charge in [0.15, 0.2) is 5.78 Å². The van der Waals surface area contributed by atoms with Gasteiger partial charge in [0.25, 0.3) is 0 Å². The smallest absolute Gasteiger partial charge is 0.336 e. The first-order valence-corrected chi connectivity index (χ1v) is 11.3. The number of esters is 1. The predicted octanol–water partition coefficient (Wildman–Crippen LogP) is 6.42. The zero-order chi connectivity index (χ0) is 23.2. The SMILES string of the molecule is CCOC(=O)C1=C(C)NC2=C(C(=O)CC(C)(C)C2)C1c1ccc(-c2cc(Cl)ccc2Cl)o1. The fraction of sp³-hybridized carbons (Fsp3) is 0.360. The number of hydrogen-bond donors (Lipinski definition) is 1. The molecule has 2 heterocycles. The maximum atomic E-state index is 13.3. The van der Waals surface area contributed by atoms with Crippen LogP contribution in [0.25, 0.3) is 11.3 Å². The minimum atomic E-state index is -0.652. The molecule has 2 aromatic rings. The average Bonchev–Trinajstić information content (AvgIpc) is 3.17. The van der Waals surface area contributed by atoms with Crippen LogP contribution in [0.15, 0.2) is 57.3 Å². The van der Waals surface area contributed by atoms with Crippen molar-refractivity contribution in [2.24, 2.45) is 5.41 Å². The molecule has 1 aliphatic heterocycles. The normalized spacial score (nSPS) is 20.2. The van der Waals surface area contributed by atoms with Gasteiger partial charge in [-0.25, -0.2) is 4.79 Å². The summed E-state index contributed by atoms with van der Waals surface area (Å²) in [7, 11) is 0. The molecule has 7 heteroatoms. The zero-order valence-corrected chi connectivity index (χ0v) is 20.0. The summed E-state index contributed by atoms with van der Waals surface area (Å²) in [5, 5.41) is 4.33. The van der Waals surface area contributed by atoms with Crippen molar-refractivity contribution in [3.8, 4) is 11.3 Å². The van der Waals surface area contributed by atoms with Gasteiger partial charge >= 0.3 is 5.97 Å². The lowest BCUT2D eigenvalue weighted by Gasteiger charge is -2.38. The molecule has 32 heavy (non-hydrogen) atoms. The van der Waals surface area contributed by atoms with E-state index in [4.69, 9.17) is 32.4 Å². The summed E-state index contributed by atoms with van der Waals surface area (Å²) in [6.07, 6.45) is 1.10. The highest BCUT2D eigenvalue weighted by atomic mass is 35.5. The minimum Gasteiger partial charge on any atom is -0.463 e. The second-order valence-electron chi connectivity index (χ2n) is 8.98. The van der Waals surface area contributed by atoms with Crippen LogP contribution in [0.3, 0.4) is 0 Å². The number of carbonyl (C=O) groups is 2. The lowest BCUT2D eigenvalue weighted by Crippen LogP contribution is -2.38. The number of halogens is 2. The first-order valence-electron chi connectivity index (χ1n) is 10.6. The van der Waals surface area contributed by atoms with Crippen molar-refractivity contribution < 1.29 is 18.7 Å². The highest BCUT2D eigenvalue weighted by Gasteiger charge is 2.44. The number of ether oxygens (including phenoxy) is 1. The Bertz CT molecular complexity index is 1170. The van der Waals surface area contributed by atoms with E-state index in [-0.39, 0.29) is 17.8 Å². The summed E-state index contributed by atoms with van der Waals surface area (Å²) >= 11 is 12.5. The van der Waals surface area contributed by atoms with Crippen molar-refractivity contribution in [1.82, 2.24) is 5.32 Å². The largest absolute Gasteiger partial charge is 0.463 e. The van der Waals surface area contributed by atoms with Crippen LogP contribution in [-0.2, 0) is 14.3 Å². The van der Waals surface area contributed by atoms with Gasteiger partial charge in [0.1, 0.15) is 11.5 Å². The number of hydrogen-bond acceptors (Lipinski definition) is 5. The Balaban J connectivity index is 1.86. The molecule has 1 aromatic heterocycles. The quantitative estimate of drug-likeness (QED) is 0.518. The highest BCUT2D eigenvalue weighted by molar-refractivity contribution is 6.35. The molecule has 5 nitrogen and oxygen atoms in total. The maximum absolute atomic E-state index is 13.3. The Morgan fingerprint density at radius 2 is 1.97 bits per heavy atom. The van der Waals surface area contributed by atoms with E-state index in [0.717, 1.165) is 5.70 Å². The first-order chi connectivity index (χ1) is 15.1.